The van der Waals surface area contributed by atoms with E-state index in [0.29, 0.717) is 6.07 Å². The number of nitrogens with one attached hydrogen (secondary N) is 1. The molecule has 0 amide bonds. The van der Waals surface area contributed by atoms with Gasteiger partial charge >= 0.3 is 5.97 Å². The largest absolute Gasteiger partial charge is 0.480 e. The molecule has 0 saturated heterocycles. The van der Waals surface area contributed by atoms with E-state index in [1.165, 1.54) is 6.07 Å². The molecule has 0 spiro atoms. The highest BCUT2D eigenvalue weighted by Crippen LogP contribution is 2.25. The molecule has 0 heterocycles. The second-order valence-electron chi connectivity index (χ2n) is 4.91. The Morgan fingerprint density at radius 2 is 1.94 bits per heavy atom. The molecular weight excluding hydrogens is 228 g/mol. The number of hydrogen-bond donors (Lipinski definition) is 2. The molecule has 0 unspecified atom stereocenters. The molecule has 0 aliphatic carbocycles. The highest BCUT2D eigenvalue weighted by molar-refractivity contribution is 5.78. The average molecular weight is 243 g/mol. The van der Waals surface area contributed by atoms with Crippen molar-refractivity contribution in [2.75, 3.05) is 5.32 Å². The predicted octanol–water partition coefficient (Wildman–Crippen LogP) is 2.88. The molecule has 0 radical (unpaired) electrons. The number of aliphatic carboxylic acids is 1. The molecular formula is C12H15F2NO2. The summed E-state index contributed by atoms with van der Waals surface area (Å²) in [6.45, 7) is 5.17. The third-order valence-electron chi connectivity index (χ3n) is 2.34. The van der Waals surface area contributed by atoms with E-state index >= 15 is 0 Å². The molecule has 2 N–H and O–H groups in total. The van der Waals surface area contributed by atoms with Crippen LogP contribution in [0.3, 0.4) is 0 Å². The highest BCUT2D eigenvalue weighted by Gasteiger charge is 2.31. The minimum atomic E-state index is -1.08. The van der Waals surface area contributed by atoms with Crippen LogP contribution in [0.4, 0.5) is 14.5 Å². The van der Waals surface area contributed by atoms with Gasteiger partial charge in [0.1, 0.15) is 17.7 Å². The number of carboxylic acid groups (broad SMARTS) is 1. The first-order valence-corrected chi connectivity index (χ1v) is 5.16. The lowest BCUT2D eigenvalue weighted by atomic mass is 9.86. The van der Waals surface area contributed by atoms with Gasteiger partial charge in [0.25, 0.3) is 0 Å². The third-order valence-corrected chi connectivity index (χ3v) is 2.34. The molecule has 0 bridgehead atoms. The molecule has 1 atom stereocenters. The summed E-state index contributed by atoms with van der Waals surface area (Å²) in [7, 11) is 0. The first-order chi connectivity index (χ1) is 7.71. The lowest BCUT2D eigenvalue weighted by Crippen LogP contribution is -2.41. The maximum absolute atomic E-state index is 13.4. The summed E-state index contributed by atoms with van der Waals surface area (Å²) < 4.78 is 26.1. The number of anilines is 1. The maximum Gasteiger partial charge on any atom is 0.326 e. The Hall–Kier alpha value is -1.65. The summed E-state index contributed by atoms with van der Waals surface area (Å²) in [5, 5.41) is 11.6. The number of hydrogen-bond acceptors (Lipinski definition) is 2. The standard InChI is InChI=1S/C12H15F2NO2/c1-12(2,3)10(11(16)17)15-9-5-4-7(13)6-8(9)14/h4-6,10,15H,1-3H3,(H,16,17)/t10-/m1/s1. The molecule has 0 aliphatic heterocycles. The van der Waals surface area contributed by atoms with E-state index in [9.17, 15) is 13.6 Å². The predicted molar refractivity (Wildman–Crippen MR) is 60.9 cm³/mol. The number of carbonyl (C=O) groups is 1. The van der Waals surface area contributed by atoms with Crippen molar-refractivity contribution in [3.63, 3.8) is 0 Å². The fraction of sp³-hybridized carbons (Fsp3) is 0.417. The van der Waals surface area contributed by atoms with E-state index in [1.54, 1.807) is 20.8 Å². The van der Waals surface area contributed by atoms with E-state index in [0.717, 1.165) is 6.07 Å². The van der Waals surface area contributed by atoms with Crippen molar-refractivity contribution < 1.29 is 18.7 Å². The van der Waals surface area contributed by atoms with Crippen LogP contribution in [0.25, 0.3) is 0 Å². The van der Waals surface area contributed by atoms with Crippen molar-refractivity contribution in [1.29, 1.82) is 0 Å². The van der Waals surface area contributed by atoms with Gasteiger partial charge in [0.15, 0.2) is 0 Å². The Labute approximate surface area is 98.5 Å². The van der Waals surface area contributed by atoms with Gasteiger partial charge in [-0.25, -0.2) is 13.6 Å². The summed E-state index contributed by atoms with van der Waals surface area (Å²) in [6.07, 6.45) is 0. The van der Waals surface area contributed by atoms with Crippen LogP contribution in [0.5, 0.6) is 0 Å². The molecule has 17 heavy (non-hydrogen) atoms. The van der Waals surface area contributed by atoms with Crippen LogP contribution in [0.1, 0.15) is 20.8 Å². The molecule has 3 nitrogen and oxygen atoms in total. The molecule has 94 valence electrons. The zero-order chi connectivity index (χ0) is 13.2. The van der Waals surface area contributed by atoms with Gasteiger partial charge < -0.3 is 10.4 Å². The van der Waals surface area contributed by atoms with Gasteiger partial charge in [0, 0.05) is 6.07 Å². The van der Waals surface area contributed by atoms with Gasteiger partial charge in [-0.3, -0.25) is 0 Å². The van der Waals surface area contributed by atoms with Crippen molar-refractivity contribution in [3.8, 4) is 0 Å². The summed E-state index contributed by atoms with van der Waals surface area (Å²) in [4.78, 5) is 11.1. The molecule has 0 fully saturated rings. The molecule has 0 aromatic heterocycles. The Balaban J connectivity index is 2.98. The minimum absolute atomic E-state index is 0.0197. The van der Waals surface area contributed by atoms with E-state index < -0.39 is 29.1 Å². The SMILES string of the molecule is CC(C)(C)[C@H](Nc1ccc(F)cc1F)C(=O)O. The van der Waals surface area contributed by atoms with Crippen molar-refractivity contribution in [2.45, 2.75) is 26.8 Å². The molecule has 1 aromatic rings. The Morgan fingerprint density at radius 1 is 1.35 bits per heavy atom. The average Bonchev–Trinajstić information content (AvgIpc) is 2.13. The Bertz CT molecular complexity index is 427. The van der Waals surface area contributed by atoms with Gasteiger partial charge in [0.2, 0.25) is 0 Å². The molecule has 1 rings (SSSR count). The first-order valence-electron chi connectivity index (χ1n) is 5.16. The monoisotopic (exact) mass is 243 g/mol. The lowest BCUT2D eigenvalue weighted by molar-refractivity contribution is -0.140. The summed E-state index contributed by atoms with van der Waals surface area (Å²) in [5.74, 6) is -2.59. The van der Waals surface area contributed by atoms with Gasteiger partial charge in [0.05, 0.1) is 5.69 Å². The topological polar surface area (TPSA) is 49.3 Å². The summed E-state index contributed by atoms with van der Waals surface area (Å²) in [6, 6.07) is 2.02. The Morgan fingerprint density at radius 3 is 2.35 bits per heavy atom. The molecule has 5 heteroatoms. The zero-order valence-corrected chi connectivity index (χ0v) is 9.92. The highest BCUT2D eigenvalue weighted by atomic mass is 19.1. The fourth-order valence-corrected chi connectivity index (χ4v) is 1.41. The smallest absolute Gasteiger partial charge is 0.326 e. The van der Waals surface area contributed by atoms with Crippen LogP contribution in [-0.2, 0) is 4.79 Å². The lowest BCUT2D eigenvalue weighted by Gasteiger charge is -2.28. The van der Waals surface area contributed by atoms with E-state index in [-0.39, 0.29) is 5.69 Å². The van der Waals surface area contributed by atoms with Crippen molar-refractivity contribution >= 4 is 11.7 Å². The Kier molecular flexibility index (Phi) is 3.70. The second-order valence-corrected chi connectivity index (χ2v) is 4.91. The van der Waals surface area contributed by atoms with Gasteiger partial charge in [-0.05, 0) is 17.5 Å². The van der Waals surface area contributed by atoms with Gasteiger partial charge in [-0.2, -0.15) is 0 Å². The molecule has 1 aromatic carbocycles. The fourth-order valence-electron chi connectivity index (χ4n) is 1.41. The van der Waals surface area contributed by atoms with E-state index in [1.807, 2.05) is 0 Å². The van der Waals surface area contributed by atoms with Crippen LogP contribution >= 0.6 is 0 Å². The zero-order valence-electron chi connectivity index (χ0n) is 9.92. The van der Waals surface area contributed by atoms with Gasteiger partial charge in [-0.15, -0.1) is 0 Å². The van der Waals surface area contributed by atoms with Crippen LogP contribution in [-0.4, -0.2) is 17.1 Å². The van der Waals surface area contributed by atoms with Crippen LogP contribution < -0.4 is 5.32 Å². The van der Waals surface area contributed by atoms with E-state index in [4.69, 9.17) is 5.11 Å². The molecule has 0 saturated carbocycles. The van der Waals surface area contributed by atoms with Crippen molar-refractivity contribution in [3.05, 3.63) is 29.8 Å². The third kappa shape index (κ3) is 3.41. The van der Waals surface area contributed by atoms with Crippen LogP contribution in [0.15, 0.2) is 18.2 Å². The van der Waals surface area contributed by atoms with Crippen molar-refractivity contribution in [1.82, 2.24) is 0 Å². The first kappa shape index (κ1) is 13.4. The minimum Gasteiger partial charge on any atom is -0.480 e. The molecule has 0 aliphatic rings. The van der Waals surface area contributed by atoms with Crippen LogP contribution in [0.2, 0.25) is 0 Å². The number of halogens is 2. The van der Waals surface area contributed by atoms with Gasteiger partial charge in [-0.1, -0.05) is 20.8 Å². The summed E-state index contributed by atoms with van der Waals surface area (Å²) in [5.41, 5.74) is -0.610. The maximum atomic E-state index is 13.4. The van der Waals surface area contributed by atoms with Crippen molar-refractivity contribution in [2.24, 2.45) is 5.41 Å². The number of rotatable bonds is 3. The number of carboxylic acids is 1. The van der Waals surface area contributed by atoms with Crippen LogP contribution in [0, 0.1) is 17.0 Å². The normalized spacial score (nSPS) is 13.2. The number of benzene rings is 1. The summed E-state index contributed by atoms with van der Waals surface area (Å²) >= 11 is 0. The second kappa shape index (κ2) is 4.69. The van der Waals surface area contributed by atoms with E-state index in [2.05, 4.69) is 5.32 Å². The quantitative estimate of drug-likeness (QED) is 0.858.